The highest BCUT2D eigenvalue weighted by atomic mass is 16.5. The standard InChI is InChI=1S/C74H141NO5/c1-3-5-7-9-11-13-15-17-19-21-22-23-29-32-35-38-42-46-50-54-58-62-66-72(77)71(70-76)75-73(78)67-63-59-55-51-47-43-39-36-33-30-27-25-24-26-28-31-34-37-41-45-49-53-57-61-65-69-80-74(79)68-64-60-56-52-48-44-40-20-18-16-14-12-10-8-6-4-2/h14,16,20,40,62,66,71-72,76-77H,3-13,15,17-19,21-39,41-61,63-65,67-70H2,1-2H3,(H,75,78)/b16-14-,40-20-,66-62+. The van der Waals surface area contributed by atoms with Crippen LogP contribution in [-0.2, 0) is 14.3 Å². The van der Waals surface area contributed by atoms with E-state index in [0.29, 0.717) is 19.4 Å². The second-order valence-electron chi connectivity index (χ2n) is 24.9. The summed E-state index contributed by atoms with van der Waals surface area (Å²) in [5.74, 6) is -0.0593. The third kappa shape index (κ3) is 65.2. The molecule has 0 radical (unpaired) electrons. The van der Waals surface area contributed by atoms with Crippen molar-refractivity contribution in [1.29, 1.82) is 0 Å². The van der Waals surface area contributed by atoms with Crippen molar-refractivity contribution in [2.45, 2.75) is 411 Å². The van der Waals surface area contributed by atoms with Crippen LogP contribution in [0.1, 0.15) is 399 Å². The Morgan fingerprint density at radius 2 is 0.625 bits per heavy atom. The lowest BCUT2D eigenvalue weighted by molar-refractivity contribution is -0.143. The molecule has 0 aromatic carbocycles. The first-order chi connectivity index (χ1) is 39.5. The van der Waals surface area contributed by atoms with Gasteiger partial charge < -0.3 is 20.3 Å². The normalized spacial score (nSPS) is 12.7. The van der Waals surface area contributed by atoms with E-state index in [0.717, 1.165) is 51.4 Å². The number of allylic oxidation sites excluding steroid dienone is 5. The Morgan fingerprint density at radius 3 is 0.963 bits per heavy atom. The molecule has 6 nitrogen and oxygen atoms in total. The number of carbonyl (C=O) groups is 2. The van der Waals surface area contributed by atoms with Crippen LogP contribution < -0.4 is 5.32 Å². The van der Waals surface area contributed by atoms with Gasteiger partial charge in [-0.25, -0.2) is 0 Å². The first kappa shape index (κ1) is 78.1. The minimum absolute atomic E-state index is 0.00308. The minimum atomic E-state index is -0.845. The second kappa shape index (κ2) is 69.6. The highest BCUT2D eigenvalue weighted by Crippen LogP contribution is 2.19. The molecule has 0 fully saturated rings. The highest BCUT2D eigenvalue weighted by Gasteiger charge is 2.18. The van der Waals surface area contributed by atoms with Crippen molar-refractivity contribution in [3.05, 3.63) is 36.5 Å². The molecule has 2 atom stereocenters. The van der Waals surface area contributed by atoms with Crippen LogP contribution in [0.25, 0.3) is 0 Å². The third-order valence-electron chi connectivity index (χ3n) is 16.9. The summed E-state index contributed by atoms with van der Waals surface area (Å²) in [4.78, 5) is 24.6. The second-order valence-corrected chi connectivity index (χ2v) is 24.9. The number of amides is 1. The number of ether oxygens (including phenoxy) is 1. The van der Waals surface area contributed by atoms with E-state index in [1.165, 1.54) is 321 Å². The summed E-state index contributed by atoms with van der Waals surface area (Å²) in [5, 5.41) is 23.3. The van der Waals surface area contributed by atoms with Gasteiger partial charge in [0.1, 0.15) is 0 Å². The molecule has 0 aromatic rings. The van der Waals surface area contributed by atoms with E-state index in [2.05, 4.69) is 43.5 Å². The van der Waals surface area contributed by atoms with Gasteiger partial charge in [0.25, 0.3) is 0 Å². The van der Waals surface area contributed by atoms with Gasteiger partial charge in [-0.3, -0.25) is 9.59 Å². The molecule has 2 unspecified atom stereocenters. The summed E-state index contributed by atoms with van der Waals surface area (Å²) in [6.07, 6.45) is 89.4. The topological polar surface area (TPSA) is 95.9 Å². The van der Waals surface area contributed by atoms with Crippen LogP contribution in [0.4, 0.5) is 0 Å². The summed E-state index contributed by atoms with van der Waals surface area (Å²) in [5.41, 5.74) is 0. The first-order valence-corrected chi connectivity index (χ1v) is 36.3. The van der Waals surface area contributed by atoms with Crippen LogP contribution >= 0.6 is 0 Å². The lowest BCUT2D eigenvalue weighted by Crippen LogP contribution is -2.45. The van der Waals surface area contributed by atoms with Gasteiger partial charge in [-0.1, -0.05) is 359 Å². The number of carbonyl (C=O) groups excluding carboxylic acids is 2. The molecule has 3 N–H and O–H groups in total. The van der Waals surface area contributed by atoms with Gasteiger partial charge in [0.2, 0.25) is 5.91 Å². The Labute approximate surface area is 500 Å². The van der Waals surface area contributed by atoms with Gasteiger partial charge in [-0.2, -0.15) is 0 Å². The molecule has 6 heteroatoms. The lowest BCUT2D eigenvalue weighted by atomic mass is 10.0. The average molecular weight is 1120 g/mol. The maximum atomic E-state index is 12.5. The molecule has 0 aliphatic rings. The monoisotopic (exact) mass is 1120 g/mol. The summed E-state index contributed by atoms with van der Waals surface area (Å²) in [6, 6.07) is -0.628. The maximum absolute atomic E-state index is 12.5. The van der Waals surface area contributed by atoms with Crippen LogP contribution in [0, 0.1) is 0 Å². The quantitative estimate of drug-likeness (QED) is 0.0320. The van der Waals surface area contributed by atoms with E-state index >= 15 is 0 Å². The van der Waals surface area contributed by atoms with Crippen LogP contribution in [0.2, 0.25) is 0 Å². The number of hydrogen-bond donors (Lipinski definition) is 3. The molecule has 1 amide bonds. The zero-order chi connectivity index (χ0) is 57.8. The SMILES string of the molecule is CCCCCC/C=C\C/C=C\CCCCCCCC(=O)OCCCCCCCCCCCCCCCCCCCCCCCCCCCC(=O)NC(CO)C(O)/C=C/CCCCCCCCCCCCCCCCCCCCCC. The van der Waals surface area contributed by atoms with Gasteiger partial charge in [-0.05, 0) is 64.2 Å². The molecule has 0 saturated heterocycles. The molecule has 0 heterocycles. The fourth-order valence-electron chi connectivity index (χ4n) is 11.4. The van der Waals surface area contributed by atoms with Crippen molar-refractivity contribution in [2.24, 2.45) is 0 Å². The fourth-order valence-corrected chi connectivity index (χ4v) is 11.4. The van der Waals surface area contributed by atoms with Gasteiger partial charge in [0.05, 0.1) is 25.4 Å². The highest BCUT2D eigenvalue weighted by molar-refractivity contribution is 5.76. The number of aliphatic hydroxyl groups is 2. The van der Waals surface area contributed by atoms with E-state index < -0.39 is 12.1 Å². The van der Waals surface area contributed by atoms with Crippen molar-refractivity contribution < 1.29 is 24.5 Å². The van der Waals surface area contributed by atoms with E-state index in [1.807, 2.05) is 6.08 Å². The fraction of sp³-hybridized carbons (Fsp3) is 0.892. The smallest absolute Gasteiger partial charge is 0.305 e. The first-order valence-electron chi connectivity index (χ1n) is 36.3. The minimum Gasteiger partial charge on any atom is -0.466 e. The Balaban J connectivity index is 3.39. The number of unbranched alkanes of at least 4 members (excludes halogenated alkanes) is 53. The van der Waals surface area contributed by atoms with Gasteiger partial charge in [-0.15, -0.1) is 0 Å². The van der Waals surface area contributed by atoms with Crippen molar-refractivity contribution >= 4 is 11.9 Å². The van der Waals surface area contributed by atoms with Gasteiger partial charge in [0, 0.05) is 12.8 Å². The lowest BCUT2D eigenvalue weighted by Gasteiger charge is -2.20. The summed E-state index contributed by atoms with van der Waals surface area (Å²) < 4.78 is 5.49. The number of hydrogen-bond acceptors (Lipinski definition) is 5. The Kier molecular flexibility index (Phi) is 67.9. The summed E-state index contributed by atoms with van der Waals surface area (Å²) in [6.45, 7) is 4.92. The number of rotatable bonds is 68. The van der Waals surface area contributed by atoms with E-state index in [9.17, 15) is 19.8 Å². The van der Waals surface area contributed by atoms with Gasteiger partial charge in [0.15, 0.2) is 0 Å². The zero-order valence-corrected chi connectivity index (χ0v) is 54.1. The molecule has 80 heavy (non-hydrogen) atoms. The Morgan fingerprint density at radius 1 is 0.350 bits per heavy atom. The average Bonchev–Trinajstić information content (AvgIpc) is 3.46. The molecule has 0 saturated carbocycles. The van der Waals surface area contributed by atoms with Crippen molar-refractivity contribution in [3.63, 3.8) is 0 Å². The molecule has 0 aliphatic carbocycles. The van der Waals surface area contributed by atoms with Crippen LogP contribution in [0.3, 0.4) is 0 Å². The number of esters is 1. The van der Waals surface area contributed by atoms with Crippen LogP contribution in [-0.4, -0.2) is 47.4 Å². The van der Waals surface area contributed by atoms with Crippen LogP contribution in [0.5, 0.6) is 0 Å². The molecular formula is C74H141NO5. The van der Waals surface area contributed by atoms with E-state index in [4.69, 9.17) is 4.74 Å². The van der Waals surface area contributed by atoms with Crippen LogP contribution in [0.15, 0.2) is 36.5 Å². The Bertz CT molecular complexity index is 1300. The van der Waals surface area contributed by atoms with Crippen molar-refractivity contribution in [1.82, 2.24) is 5.32 Å². The predicted octanol–water partition coefficient (Wildman–Crippen LogP) is 23.5. The summed E-state index contributed by atoms with van der Waals surface area (Å²) in [7, 11) is 0. The molecule has 0 aliphatic heterocycles. The zero-order valence-electron chi connectivity index (χ0n) is 54.1. The third-order valence-corrected chi connectivity index (χ3v) is 16.9. The largest absolute Gasteiger partial charge is 0.466 e. The van der Waals surface area contributed by atoms with E-state index in [1.54, 1.807) is 6.08 Å². The van der Waals surface area contributed by atoms with Crippen molar-refractivity contribution in [2.75, 3.05) is 13.2 Å². The predicted molar refractivity (Wildman–Crippen MR) is 352 cm³/mol. The molecular weight excluding hydrogens is 983 g/mol. The van der Waals surface area contributed by atoms with Crippen molar-refractivity contribution in [3.8, 4) is 0 Å². The maximum Gasteiger partial charge on any atom is 0.305 e. The summed E-state index contributed by atoms with van der Waals surface area (Å²) >= 11 is 0. The molecule has 472 valence electrons. The van der Waals surface area contributed by atoms with E-state index in [-0.39, 0.29) is 18.5 Å². The molecule has 0 spiro atoms. The number of nitrogens with one attached hydrogen (secondary N) is 1. The Hall–Kier alpha value is -1.92. The molecule has 0 aromatic heterocycles. The molecule has 0 bridgehead atoms. The van der Waals surface area contributed by atoms with Gasteiger partial charge >= 0.3 is 5.97 Å². The molecule has 0 rings (SSSR count). The number of aliphatic hydroxyl groups excluding tert-OH is 2.